The second-order valence-corrected chi connectivity index (χ2v) is 10.1. The molecule has 176 valence electrons. The van der Waals surface area contributed by atoms with Gasteiger partial charge in [-0.05, 0) is 62.4 Å². The Bertz CT molecular complexity index is 1080. The number of aryl methyl sites for hydroxylation is 3. The normalized spacial score (nSPS) is 12.1. The molecular weight excluding hydrogens is 432 g/mol. The largest absolute Gasteiger partial charge is 0.486 e. The average molecular weight is 467 g/mol. The highest BCUT2D eigenvalue weighted by Crippen LogP contribution is 2.26. The smallest absolute Gasteiger partial charge is 0.237 e. The summed E-state index contributed by atoms with van der Waals surface area (Å²) in [6.45, 7) is 13.5. The van der Waals surface area contributed by atoms with Gasteiger partial charge in [0.25, 0.3) is 0 Å². The van der Waals surface area contributed by atoms with E-state index in [1.165, 1.54) is 22.9 Å². The number of nitrogens with one attached hydrogen (secondary N) is 1. The van der Waals surface area contributed by atoms with Crippen LogP contribution in [0.5, 0.6) is 5.75 Å². The van der Waals surface area contributed by atoms with Crippen molar-refractivity contribution in [1.82, 2.24) is 14.8 Å². The van der Waals surface area contributed by atoms with E-state index in [0.717, 1.165) is 40.9 Å². The van der Waals surface area contributed by atoms with Crippen LogP contribution in [-0.4, -0.2) is 25.9 Å². The molecule has 0 saturated carbocycles. The number of aromatic nitrogens is 3. The number of amides is 1. The fraction of sp³-hybridized carbons (Fsp3) is 0.423. The molecule has 0 spiro atoms. The van der Waals surface area contributed by atoms with Crippen LogP contribution in [0.25, 0.3) is 0 Å². The molecule has 0 saturated heterocycles. The monoisotopic (exact) mass is 466 g/mol. The summed E-state index contributed by atoms with van der Waals surface area (Å²) in [6.07, 6.45) is 0.999. The number of hydrogen-bond acceptors (Lipinski definition) is 5. The molecule has 1 atom stereocenters. The third kappa shape index (κ3) is 6.84. The lowest BCUT2D eigenvalue weighted by Crippen LogP contribution is -2.23. The molecule has 1 amide bonds. The predicted octanol–water partition coefficient (Wildman–Crippen LogP) is 5.81. The summed E-state index contributed by atoms with van der Waals surface area (Å²) < 4.78 is 8.04. The first-order valence-corrected chi connectivity index (χ1v) is 12.3. The quantitative estimate of drug-likeness (QED) is 0.382. The molecule has 0 bridgehead atoms. The second kappa shape index (κ2) is 11.4. The highest BCUT2D eigenvalue weighted by Gasteiger charge is 2.21. The zero-order chi connectivity index (χ0) is 24.0. The van der Waals surface area contributed by atoms with Gasteiger partial charge in [-0.3, -0.25) is 4.79 Å². The van der Waals surface area contributed by atoms with Crippen LogP contribution in [0.15, 0.2) is 47.6 Å². The van der Waals surface area contributed by atoms with E-state index in [9.17, 15) is 4.79 Å². The van der Waals surface area contributed by atoms with Gasteiger partial charge in [-0.25, -0.2) is 0 Å². The Morgan fingerprint density at radius 1 is 1.09 bits per heavy atom. The van der Waals surface area contributed by atoms with Gasteiger partial charge < -0.3 is 14.6 Å². The predicted molar refractivity (Wildman–Crippen MR) is 135 cm³/mol. The number of ether oxygens (including phenoxy) is 1. The number of thioether (sulfide) groups is 1. The first-order valence-electron chi connectivity index (χ1n) is 11.4. The van der Waals surface area contributed by atoms with Gasteiger partial charge in [-0.2, -0.15) is 0 Å². The van der Waals surface area contributed by atoms with Gasteiger partial charge >= 0.3 is 0 Å². The standard InChI is InChI=1S/C26H34N4O2S/c1-7-21-9-11-22(12-10-21)32-16-24-28-29-26(30(24)15-17(2)3)33-20(6)25(31)27-23-13-8-18(4)14-19(23)5/h8-14,17,20H,7,15-16H2,1-6H3,(H,27,31). The Morgan fingerprint density at radius 3 is 2.45 bits per heavy atom. The van der Waals surface area contributed by atoms with E-state index in [2.05, 4.69) is 59.1 Å². The van der Waals surface area contributed by atoms with Gasteiger partial charge in [0.1, 0.15) is 12.4 Å². The minimum absolute atomic E-state index is 0.0557. The lowest BCUT2D eigenvalue weighted by Gasteiger charge is -2.16. The molecule has 3 rings (SSSR count). The molecule has 1 aromatic heterocycles. The Labute approximate surface area is 201 Å². The summed E-state index contributed by atoms with van der Waals surface area (Å²) >= 11 is 1.42. The number of nitrogens with zero attached hydrogens (tertiary/aromatic N) is 3. The van der Waals surface area contributed by atoms with Crippen molar-refractivity contribution in [3.05, 3.63) is 65.0 Å². The minimum atomic E-state index is -0.323. The number of carbonyl (C=O) groups excluding carboxylic acids is 1. The molecule has 0 aliphatic heterocycles. The first-order chi connectivity index (χ1) is 15.8. The van der Waals surface area contributed by atoms with Crippen molar-refractivity contribution >= 4 is 23.4 Å². The molecule has 1 unspecified atom stereocenters. The molecule has 0 radical (unpaired) electrons. The molecule has 2 aromatic carbocycles. The molecule has 0 aliphatic carbocycles. The van der Waals surface area contributed by atoms with Crippen LogP contribution < -0.4 is 10.1 Å². The van der Waals surface area contributed by atoms with Crippen LogP contribution in [0, 0.1) is 19.8 Å². The van der Waals surface area contributed by atoms with E-state index in [1.807, 2.05) is 45.0 Å². The summed E-state index contributed by atoms with van der Waals surface area (Å²) in [5, 5.41) is 12.2. The van der Waals surface area contributed by atoms with E-state index in [1.54, 1.807) is 0 Å². The van der Waals surface area contributed by atoms with Crippen LogP contribution in [0.2, 0.25) is 0 Å². The Morgan fingerprint density at radius 2 is 1.82 bits per heavy atom. The maximum atomic E-state index is 12.8. The first kappa shape index (κ1) is 24.8. The molecule has 33 heavy (non-hydrogen) atoms. The third-order valence-corrected chi connectivity index (χ3v) is 6.41. The summed E-state index contributed by atoms with van der Waals surface area (Å²) in [7, 11) is 0. The number of carbonyl (C=O) groups is 1. The fourth-order valence-electron chi connectivity index (χ4n) is 3.43. The van der Waals surface area contributed by atoms with Crippen molar-refractivity contribution < 1.29 is 9.53 Å². The highest BCUT2D eigenvalue weighted by atomic mass is 32.2. The molecule has 7 heteroatoms. The number of rotatable bonds is 10. The minimum Gasteiger partial charge on any atom is -0.486 e. The molecule has 0 fully saturated rings. The topological polar surface area (TPSA) is 69.0 Å². The number of hydrogen-bond donors (Lipinski definition) is 1. The van der Waals surface area contributed by atoms with E-state index in [4.69, 9.17) is 4.74 Å². The lowest BCUT2D eigenvalue weighted by atomic mass is 10.1. The fourth-order valence-corrected chi connectivity index (χ4v) is 4.31. The molecule has 6 nitrogen and oxygen atoms in total. The van der Waals surface area contributed by atoms with Gasteiger partial charge in [0, 0.05) is 12.2 Å². The Kier molecular flexibility index (Phi) is 8.55. The summed E-state index contributed by atoms with van der Waals surface area (Å²) in [5.74, 6) is 1.91. The van der Waals surface area contributed by atoms with E-state index in [-0.39, 0.29) is 11.2 Å². The van der Waals surface area contributed by atoms with Gasteiger partial charge in [0.15, 0.2) is 11.0 Å². The van der Waals surface area contributed by atoms with Crippen molar-refractivity contribution in [2.45, 2.75) is 71.5 Å². The maximum Gasteiger partial charge on any atom is 0.237 e. The number of anilines is 1. The van der Waals surface area contributed by atoms with Gasteiger partial charge in [-0.15, -0.1) is 10.2 Å². The summed E-state index contributed by atoms with van der Waals surface area (Å²) in [6, 6.07) is 14.1. The van der Waals surface area contributed by atoms with Gasteiger partial charge in [0.2, 0.25) is 5.91 Å². The van der Waals surface area contributed by atoms with Crippen LogP contribution >= 0.6 is 11.8 Å². The van der Waals surface area contributed by atoms with Crippen molar-refractivity contribution in [1.29, 1.82) is 0 Å². The highest BCUT2D eigenvalue weighted by molar-refractivity contribution is 8.00. The van der Waals surface area contributed by atoms with Gasteiger partial charge in [-0.1, -0.05) is 62.4 Å². The molecular formula is C26H34N4O2S. The lowest BCUT2D eigenvalue weighted by molar-refractivity contribution is -0.115. The van der Waals surface area contributed by atoms with Crippen LogP contribution in [-0.2, 0) is 24.4 Å². The van der Waals surface area contributed by atoms with Crippen LogP contribution in [0.3, 0.4) is 0 Å². The number of benzene rings is 2. The van der Waals surface area contributed by atoms with E-state index >= 15 is 0 Å². The van der Waals surface area contributed by atoms with Crippen molar-refractivity contribution in [3.63, 3.8) is 0 Å². The molecule has 0 aliphatic rings. The zero-order valence-corrected chi connectivity index (χ0v) is 21.2. The maximum absolute atomic E-state index is 12.8. The van der Waals surface area contributed by atoms with E-state index in [0.29, 0.717) is 12.5 Å². The molecule has 1 N–H and O–H groups in total. The Balaban J connectivity index is 1.69. The third-order valence-electron chi connectivity index (χ3n) is 5.33. The van der Waals surface area contributed by atoms with Crippen molar-refractivity contribution in [3.8, 4) is 5.75 Å². The second-order valence-electron chi connectivity index (χ2n) is 8.76. The Hall–Kier alpha value is -2.80. The summed E-state index contributed by atoms with van der Waals surface area (Å²) in [4.78, 5) is 12.8. The van der Waals surface area contributed by atoms with Crippen molar-refractivity contribution in [2.24, 2.45) is 5.92 Å². The molecule has 1 heterocycles. The van der Waals surface area contributed by atoms with E-state index < -0.39 is 0 Å². The average Bonchev–Trinajstić information content (AvgIpc) is 3.14. The SMILES string of the molecule is CCc1ccc(OCc2nnc(SC(C)C(=O)Nc3ccc(C)cc3C)n2CC(C)C)cc1. The van der Waals surface area contributed by atoms with Crippen LogP contribution in [0.1, 0.15) is 50.2 Å². The van der Waals surface area contributed by atoms with Gasteiger partial charge in [0.05, 0.1) is 5.25 Å². The van der Waals surface area contributed by atoms with Crippen molar-refractivity contribution in [2.75, 3.05) is 5.32 Å². The van der Waals surface area contributed by atoms with Crippen LogP contribution in [0.4, 0.5) is 5.69 Å². The zero-order valence-electron chi connectivity index (χ0n) is 20.4. The molecule has 3 aromatic rings. The summed E-state index contributed by atoms with van der Waals surface area (Å²) in [5.41, 5.74) is 4.34.